The van der Waals surface area contributed by atoms with Gasteiger partial charge in [-0.25, -0.2) is 0 Å². The van der Waals surface area contributed by atoms with Crippen molar-refractivity contribution in [2.75, 3.05) is 26.2 Å². The van der Waals surface area contributed by atoms with Gasteiger partial charge in [-0.1, -0.05) is 13.3 Å². The van der Waals surface area contributed by atoms with Gasteiger partial charge in [0.25, 0.3) is 0 Å². The Morgan fingerprint density at radius 2 is 2.14 bits per heavy atom. The van der Waals surface area contributed by atoms with Gasteiger partial charge in [-0.05, 0) is 50.5 Å². The Hall–Kier alpha value is -0.650. The molecule has 0 aromatic heterocycles. The molecule has 0 aromatic rings. The molecule has 3 atom stereocenters. The van der Waals surface area contributed by atoms with Crippen LogP contribution >= 0.6 is 0 Å². The molecule has 1 amide bonds. The molecule has 1 saturated carbocycles. The molecule has 0 spiro atoms. The van der Waals surface area contributed by atoms with Gasteiger partial charge in [0.1, 0.15) is 0 Å². The number of nitrogens with zero attached hydrogens (tertiary/aromatic N) is 1. The van der Waals surface area contributed by atoms with Crippen LogP contribution in [0.5, 0.6) is 0 Å². The zero-order chi connectivity index (χ0) is 15.2. The molecule has 0 aromatic carbocycles. The number of nitrogens with two attached hydrogens (primary N) is 1. The fourth-order valence-corrected chi connectivity index (χ4v) is 3.55. The zero-order valence-electron chi connectivity index (χ0n) is 13.3. The van der Waals surface area contributed by atoms with E-state index >= 15 is 0 Å². The number of hydrogen-bond acceptors (Lipinski definition) is 4. The Morgan fingerprint density at radius 1 is 1.38 bits per heavy atom. The van der Waals surface area contributed by atoms with Crippen LogP contribution in [0.1, 0.15) is 45.4 Å². The number of nitrogens with one attached hydrogen (secondary N) is 1. The number of aliphatic hydroxyl groups is 1. The Kier molecular flexibility index (Phi) is 6.45. The molecule has 1 aliphatic carbocycles. The van der Waals surface area contributed by atoms with Crippen molar-refractivity contribution in [3.8, 4) is 0 Å². The van der Waals surface area contributed by atoms with Gasteiger partial charge in [-0.15, -0.1) is 0 Å². The van der Waals surface area contributed by atoms with E-state index < -0.39 is 0 Å². The van der Waals surface area contributed by atoms with E-state index in [9.17, 15) is 9.90 Å². The summed E-state index contributed by atoms with van der Waals surface area (Å²) in [5, 5.41) is 13.6. The minimum atomic E-state index is -0.260. The monoisotopic (exact) mass is 297 g/mol. The van der Waals surface area contributed by atoms with Crippen molar-refractivity contribution in [3.63, 3.8) is 0 Å². The molecule has 2 rings (SSSR count). The predicted molar refractivity (Wildman–Crippen MR) is 83.8 cm³/mol. The van der Waals surface area contributed by atoms with Gasteiger partial charge in [0.05, 0.1) is 12.6 Å². The van der Waals surface area contributed by atoms with Gasteiger partial charge in [-0.2, -0.15) is 0 Å². The summed E-state index contributed by atoms with van der Waals surface area (Å²) in [5.74, 6) is 1.03. The summed E-state index contributed by atoms with van der Waals surface area (Å²) in [6.07, 6.45) is 6.57. The highest BCUT2D eigenvalue weighted by molar-refractivity contribution is 5.75. The molecule has 0 radical (unpaired) electrons. The number of rotatable bonds is 8. The summed E-state index contributed by atoms with van der Waals surface area (Å²) in [6.45, 7) is 5.22. The minimum absolute atomic E-state index is 0.226. The van der Waals surface area contributed by atoms with Crippen molar-refractivity contribution < 1.29 is 9.90 Å². The van der Waals surface area contributed by atoms with Crippen molar-refractivity contribution in [2.45, 2.75) is 57.6 Å². The maximum atomic E-state index is 11.2. The lowest BCUT2D eigenvalue weighted by atomic mass is 9.84. The van der Waals surface area contributed by atoms with Gasteiger partial charge in [0.2, 0.25) is 5.91 Å². The first kappa shape index (κ1) is 16.7. The average molecular weight is 297 g/mol. The van der Waals surface area contributed by atoms with E-state index in [2.05, 4.69) is 10.2 Å². The van der Waals surface area contributed by atoms with Crippen LogP contribution in [-0.4, -0.2) is 54.2 Å². The van der Waals surface area contributed by atoms with Gasteiger partial charge in [0.15, 0.2) is 0 Å². The van der Waals surface area contributed by atoms with E-state index in [1.165, 1.54) is 19.3 Å². The standard InChI is InChI=1S/C16H31N3O2/c1-2-15(20)7-13-6-14(18-8-12-4-3-5-12)10-19(9-13)11-16(17)21/h12-15,18,20H,2-11H2,1H3,(H2,17,21). The Bertz CT molecular complexity index is 333. The third-order valence-electron chi connectivity index (χ3n) is 4.99. The predicted octanol–water partition coefficient (Wildman–Crippen LogP) is 0.713. The lowest BCUT2D eigenvalue weighted by Gasteiger charge is -2.39. The second-order valence-corrected chi connectivity index (χ2v) is 6.96. The van der Waals surface area contributed by atoms with Crippen LogP contribution in [0.3, 0.4) is 0 Å². The van der Waals surface area contributed by atoms with E-state index in [-0.39, 0.29) is 12.0 Å². The smallest absolute Gasteiger partial charge is 0.231 e. The Labute approximate surface area is 128 Å². The molecule has 2 fully saturated rings. The average Bonchev–Trinajstić information content (AvgIpc) is 2.35. The highest BCUT2D eigenvalue weighted by Crippen LogP contribution is 2.27. The third-order valence-corrected chi connectivity index (χ3v) is 4.99. The summed E-state index contributed by atoms with van der Waals surface area (Å²) in [5.41, 5.74) is 5.34. The number of aliphatic hydroxyl groups excluding tert-OH is 1. The van der Waals surface area contributed by atoms with E-state index in [1.807, 2.05) is 6.92 Å². The number of likely N-dealkylation sites (tertiary alicyclic amines) is 1. The van der Waals surface area contributed by atoms with Crippen molar-refractivity contribution in [1.29, 1.82) is 0 Å². The van der Waals surface area contributed by atoms with E-state index in [0.29, 0.717) is 18.5 Å². The minimum Gasteiger partial charge on any atom is -0.393 e. The summed E-state index contributed by atoms with van der Waals surface area (Å²) >= 11 is 0. The lowest BCUT2D eigenvalue weighted by molar-refractivity contribution is -0.119. The Morgan fingerprint density at radius 3 is 2.71 bits per heavy atom. The number of carbonyl (C=O) groups is 1. The normalized spacial score (nSPS) is 29.0. The van der Waals surface area contributed by atoms with Crippen LogP contribution in [0.2, 0.25) is 0 Å². The number of hydrogen-bond donors (Lipinski definition) is 3. The highest BCUT2D eigenvalue weighted by Gasteiger charge is 2.29. The van der Waals surface area contributed by atoms with Crippen LogP contribution in [-0.2, 0) is 4.79 Å². The van der Waals surface area contributed by atoms with E-state index in [1.54, 1.807) is 0 Å². The maximum absolute atomic E-state index is 11.2. The summed E-state index contributed by atoms with van der Waals surface area (Å²) in [7, 11) is 0. The molecule has 21 heavy (non-hydrogen) atoms. The van der Waals surface area contributed by atoms with Crippen molar-refractivity contribution in [2.24, 2.45) is 17.6 Å². The third kappa shape index (κ3) is 5.57. The first-order chi connectivity index (χ1) is 10.1. The molecule has 1 aliphatic heterocycles. The molecular formula is C16H31N3O2. The number of amides is 1. The topological polar surface area (TPSA) is 78.6 Å². The van der Waals surface area contributed by atoms with E-state index in [0.717, 1.165) is 44.8 Å². The second-order valence-electron chi connectivity index (χ2n) is 6.96. The van der Waals surface area contributed by atoms with Gasteiger partial charge in [-0.3, -0.25) is 9.69 Å². The molecule has 3 unspecified atom stereocenters. The maximum Gasteiger partial charge on any atom is 0.231 e. The summed E-state index contributed by atoms with van der Waals surface area (Å²) in [6, 6.07) is 0.424. The van der Waals surface area contributed by atoms with Crippen LogP contribution in [0, 0.1) is 11.8 Å². The molecule has 4 N–H and O–H groups in total. The van der Waals surface area contributed by atoms with Gasteiger partial charge >= 0.3 is 0 Å². The molecule has 0 bridgehead atoms. The van der Waals surface area contributed by atoms with E-state index in [4.69, 9.17) is 5.73 Å². The van der Waals surface area contributed by atoms with Crippen LogP contribution in [0.4, 0.5) is 0 Å². The number of primary amides is 1. The van der Waals surface area contributed by atoms with Gasteiger partial charge < -0.3 is 16.2 Å². The fourth-order valence-electron chi connectivity index (χ4n) is 3.55. The van der Waals surface area contributed by atoms with Crippen molar-refractivity contribution in [3.05, 3.63) is 0 Å². The number of piperidine rings is 1. The van der Waals surface area contributed by atoms with Crippen LogP contribution < -0.4 is 11.1 Å². The van der Waals surface area contributed by atoms with Crippen LogP contribution in [0.15, 0.2) is 0 Å². The first-order valence-electron chi connectivity index (χ1n) is 8.49. The van der Waals surface area contributed by atoms with Crippen molar-refractivity contribution >= 4 is 5.91 Å². The van der Waals surface area contributed by atoms with Crippen molar-refractivity contribution in [1.82, 2.24) is 10.2 Å². The van der Waals surface area contributed by atoms with Crippen LogP contribution in [0.25, 0.3) is 0 Å². The molecule has 1 heterocycles. The zero-order valence-corrected chi connectivity index (χ0v) is 13.3. The fraction of sp³-hybridized carbons (Fsp3) is 0.938. The van der Waals surface area contributed by atoms with Gasteiger partial charge in [0, 0.05) is 19.1 Å². The molecule has 5 heteroatoms. The largest absolute Gasteiger partial charge is 0.393 e. The lowest BCUT2D eigenvalue weighted by Crippen LogP contribution is -2.52. The highest BCUT2D eigenvalue weighted by atomic mass is 16.3. The molecule has 1 saturated heterocycles. The molecular weight excluding hydrogens is 266 g/mol. The summed E-state index contributed by atoms with van der Waals surface area (Å²) in [4.78, 5) is 13.3. The number of carbonyl (C=O) groups excluding carboxylic acids is 1. The first-order valence-corrected chi connectivity index (χ1v) is 8.49. The Balaban J connectivity index is 1.83. The second kappa shape index (κ2) is 8.11. The molecule has 5 nitrogen and oxygen atoms in total. The SMILES string of the molecule is CCC(O)CC1CC(NCC2CCC2)CN(CC(N)=O)C1. The molecule has 122 valence electrons. The molecule has 2 aliphatic rings. The summed E-state index contributed by atoms with van der Waals surface area (Å²) < 4.78 is 0. The quantitative estimate of drug-likeness (QED) is 0.617.